The molecule has 1 aromatic rings. The van der Waals surface area contributed by atoms with Gasteiger partial charge in [0.1, 0.15) is 5.15 Å². The van der Waals surface area contributed by atoms with Gasteiger partial charge in [0.05, 0.1) is 23.3 Å². The number of ether oxygens (including phenoxy) is 2. The summed E-state index contributed by atoms with van der Waals surface area (Å²) in [5, 5.41) is 3.15. The number of amides is 1. The average molecular weight is 293 g/mol. The van der Waals surface area contributed by atoms with Gasteiger partial charge in [-0.2, -0.15) is 0 Å². The molecule has 1 unspecified atom stereocenters. The molecule has 1 heterocycles. The lowest BCUT2D eigenvalue weighted by molar-refractivity contribution is 0.0285. The molecule has 0 spiro atoms. The van der Waals surface area contributed by atoms with Crippen molar-refractivity contribution in [1.82, 2.24) is 10.3 Å². The molecule has 1 N–H and O–H groups in total. The number of pyridine rings is 1. The minimum Gasteiger partial charge on any atom is -0.382 e. The van der Waals surface area contributed by atoms with Crippen LogP contribution in [-0.2, 0) is 9.47 Å². The Labute approximate surface area is 115 Å². The van der Waals surface area contributed by atoms with Crippen molar-refractivity contribution < 1.29 is 14.3 Å². The highest BCUT2D eigenvalue weighted by molar-refractivity contribution is 6.35. The molecule has 18 heavy (non-hydrogen) atoms. The van der Waals surface area contributed by atoms with Crippen molar-refractivity contribution in [2.75, 3.05) is 27.4 Å². The van der Waals surface area contributed by atoms with Crippen LogP contribution in [0.1, 0.15) is 10.4 Å². The second-order valence-electron chi connectivity index (χ2n) is 3.51. The summed E-state index contributed by atoms with van der Waals surface area (Å²) in [6, 6.07) is 1.41. The fraction of sp³-hybridized carbons (Fsp3) is 0.455. The molecule has 100 valence electrons. The number of hydrogen-bond donors (Lipinski definition) is 1. The van der Waals surface area contributed by atoms with Gasteiger partial charge in [-0.3, -0.25) is 4.79 Å². The fourth-order valence-corrected chi connectivity index (χ4v) is 1.63. The van der Waals surface area contributed by atoms with Crippen LogP contribution in [0.15, 0.2) is 12.3 Å². The van der Waals surface area contributed by atoms with Crippen LogP contribution in [-0.4, -0.2) is 44.4 Å². The topological polar surface area (TPSA) is 60.5 Å². The van der Waals surface area contributed by atoms with Crippen molar-refractivity contribution in [3.05, 3.63) is 28.0 Å². The summed E-state index contributed by atoms with van der Waals surface area (Å²) in [5.41, 5.74) is 0.281. The van der Waals surface area contributed by atoms with Crippen molar-refractivity contribution in [2.45, 2.75) is 6.10 Å². The normalized spacial score (nSPS) is 12.2. The predicted octanol–water partition coefficient (Wildman–Crippen LogP) is 1.78. The van der Waals surface area contributed by atoms with Gasteiger partial charge in [0.2, 0.25) is 0 Å². The van der Waals surface area contributed by atoms with Gasteiger partial charge in [0.15, 0.2) is 0 Å². The highest BCUT2D eigenvalue weighted by Gasteiger charge is 2.14. The first-order chi connectivity index (χ1) is 8.58. The second kappa shape index (κ2) is 7.53. The maximum Gasteiger partial charge on any atom is 0.253 e. The Morgan fingerprint density at radius 1 is 1.50 bits per heavy atom. The van der Waals surface area contributed by atoms with Crippen molar-refractivity contribution >= 4 is 29.1 Å². The van der Waals surface area contributed by atoms with Crippen LogP contribution < -0.4 is 5.32 Å². The van der Waals surface area contributed by atoms with Crippen LogP contribution in [0, 0.1) is 0 Å². The number of nitrogens with one attached hydrogen (secondary N) is 1. The van der Waals surface area contributed by atoms with Gasteiger partial charge in [0.25, 0.3) is 5.91 Å². The summed E-state index contributed by atoms with van der Waals surface area (Å²) in [5.74, 6) is -0.331. The van der Waals surface area contributed by atoms with E-state index in [1.807, 2.05) is 0 Å². The average Bonchev–Trinajstić information content (AvgIpc) is 2.37. The van der Waals surface area contributed by atoms with Crippen molar-refractivity contribution in [2.24, 2.45) is 0 Å². The van der Waals surface area contributed by atoms with E-state index < -0.39 is 0 Å². The number of nitrogens with zero attached hydrogens (tertiary/aromatic N) is 1. The highest BCUT2D eigenvalue weighted by atomic mass is 35.5. The van der Waals surface area contributed by atoms with Crippen LogP contribution in [0.25, 0.3) is 0 Å². The summed E-state index contributed by atoms with van der Waals surface area (Å²) >= 11 is 11.6. The summed E-state index contributed by atoms with van der Waals surface area (Å²) in [6.07, 6.45) is 1.12. The SMILES string of the molecule is COCC(CNC(=O)c1cc(Cl)ncc1Cl)OC. The highest BCUT2D eigenvalue weighted by Crippen LogP contribution is 2.17. The van der Waals surface area contributed by atoms with E-state index in [4.69, 9.17) is 32.7 Å². The second-order valence-corrected chi connectivity index (χ2v) is 4.30. The number of methoxy groups -OCH3 is 2. The van der Waals surface area contributed by atoms with Crippen molar-refractivity contribution in [3.63, 3.8) is 0 Å². The zero-order valence-electron chi connectivity index (χ0n) is 10.1. The quantitative estimate of drug-likeness (QED) is 0.812. The van der Waals surface area contributed by atoms with Gasteiger partial charge in [-0.05, 0) is 6.07 Å². The Morgan fingerprint density at radius 2 is 2.22 bits per heavy atom. The molecule has 0 fully saturated rings. The molecule has 1 atom stereocenters. The minimum atomic E-state index is -0.331. The van der Waals surface area contributed by atoms with E-state index in [-0.39, 0.29) is 27.8 Å². The summed E-state index contributed by atoms with van der Waals surface area (Å²) in [7, 11) is 3.11. The lowest BCUT2D eigenvalue weighted by atomic mass is 10.2. The number of rotatable bonds is 6. The van der Waals surface area contributed by atoms with E-state index in [1.54, 1.807) is 14.2 Å². The van der Waals surface area contributed by atoms with E-state index in [9.17, 15) is 4.79 Å². The monoisotopic (exact) mass is 292 g/mol. The molecule has 0 aliphatic carbocycles. The third-order valence-corrected chi connectivity index (χ3v) is 2.75. The van der Waals surface area contributed by atoms with E-state index >= 15 is 0 Å². The maximum absolute atomic E-state index is 11.9. The predicted molar refractivity (Wildman–Crippen MR) is 69.3 cm³/mol. The molecule has 0 saturated heterocycles. The van der Waals surface area contributed by atoms with Gasteiger partial charge < -0.3 is 14.8 Å². The largest absolute Gasteiger partial charge is 0.382 e. The van der Waals surface area contributed by atoms with Gasteiger partial charge >= 0.3 is 0 Å². The number of halogens is 2. The molecule has 0 saturated carbocycles. The third kappa shape index (κ3) is 4.42. The number of hydrogen-bond acceptors (Lipinski definition) is 4. The number of aromatic nitrogens is 1. The molecule has 0 aromatic carbocycles. The third-order valence-electron chi connectivity index (χ3n) is 2.24. The first kappa shape index (κ1) is 15.2. The molecule has 1 aromatic heterocycles. The van der Waals surface area contributed by atoms with Crippen LogP contribution >= 0.6 is 23.2 Å². The molecular weight excluding hydrogens is 279 g/mol. The van der Waals surface area contributed by atoms with Crippen LogP contribution in [0.3, 0.4) is 0 Å². The Morgan fingerprint density at radius 3 is 2.83 bits per heavy atom. The molecule has 0 aliphatic rings. The first-order valence-electron chi connectivity index (χ1n) is 5.19. The maximum atomic E-state index is 11.9. The molecule has 5 nitrogen and oxygen atoms in total. The van der Waals surface area contributed by atoms with Gasteiger partial charge in [-0.25, -0.2) is 4.98 Å². The zero-order chi connectivity index (χ0) is 13.5. The minimum absolute atomic E-state index is 0.213. The van der Waals surface area contributed by atoms with Crippen LogP contribution in [0.4, 0.5) is 0 Å². The Hall–Kier alpha value is -0.880. The number of carbonyl (C=O) groups is 1. The van der Waals surface area contributed by atoms with E-state index in [2.05, 4.69) is 10.3 Å². The molecule has 0 bridgehead atoms. The van der Waals surface area contributed by atoms with Crippen LogP contribution in [0.5, 0.6) is 0 Å². The van der Waals surface area contributed by atoms with Gasteiger partial charge in [-0.1, -0.05) is 23.2 Å². The zero-order valence-corrected chi connectivity index (χ0v) is 11.6. The molecule has 0 aliphatic heterocycles. The fourth-order valence-electron chi connectivity index (χ4n) is 1.29. The summed E-state index contributed by atoms with van der Waals surface area (Å²) < 4.78 is 10.1. The Kier molecular flexibility index (Phi) is 6.35. The van der Waals surface area contributed by atoms with Gasteiger partial charge in [0, 0.05) is 27.0 Å². The molecule has 7 heteroatoms. The van der Waals surface area contributed by atoms with E-state index in [0.29, 0.717) is 13.2 Å². The Balaban J connectivity index is 2.62. The lowest BCUT2D eigenvalue weighted by Crippen LogP contribution is -2.35. The number of carbonyl (C=O) groups excluding carboxylic acids is 1. The molecule has 1 rings (SSSR count). The van der Waals surface area contributed by atoms with E-state index in [1.165, 1.54) is 12.3 Å². The molecular formula is C11H14Cl2N2O3. The van der Waals surface area contributed by atoms with Gasteiger partial charge in [-0.15, -0.1) is 0 Å². The summed E-state index contributed by atoms with van der Waals surface area (Å²) in [4.78, 5) is 15.6. The Bertz CT molecular complexity index is 415. The molecule has 0 radical (unpaired) electrons. The lowest BCUT2D eigenvalue weighted by Gasteiger charge is -2.15. The smallest absolute Gasteiger partial charge is 0.253 e. The van der Waals surface area contributed by atoms with Crippen molar-refractivity contribution in [3.8, 4) is 0 Å². The summed E-state index contributed by atoms with van der Waals surface area (Å²) in [6.45, 7) is 0.709. The molecule has 1 amide bonds. The first-order valence-corrected chi connectivity index (χ1v) is 5.95. The van der Waals surface area contributed by atoms with Crippen molar-refractivity contribution in [1.29, 1.82) is 0 Å². The van der Waals surface area contributed by atoms with Crippen LogP contribution in [0.2, 0.25) is 10.2 Å². The van der Waals surface area contributed by atoms with E-state index in [0.717, 1.165) is 0 Å². The standard InChI is InChI=1S/C11H14Cl2N2O3/c1-17-6-7(18-2)4-15-11(16)8-3-10(13)14-5-9(8)12/h3,5,7H,4,6H2,1-2H3,(H,15,16).